The predicted molar refractivity (Wildman–Crippen MR) is 114 cm³/mol. The normalized spacial score (nSPS) is 12.4. The van der Waals surface area contributed by atoms with Gasteiger partial charge in [-0.1, -0.05) is 23.7 Å². The highest BCUT2D eigenvalue weighted by molar-refractivity contribution is 7.98. The smallest absolute Gasteiger partial charge is 0.243 e. The van der Waals surface area contributed by atoms with Crippen LogP contribution in [0.5, 0.6) is 0 Å². The van der Waals surface area contributed by atoms with Crippen molar-refractivity contribution >= 4 is 45.0 Å². The lowest BCUT2D eigenvalue weighted by atomic mass is 10.2. The number of carbonyl (C=O) groups excluding carboxylic acids is 1. The number of carbonyl (C=O) groups is 1. The van der Waals surface area contributed by atoms with E-state index in [1.807, 2.05) is 12.1 Å². The van der Waals surface area contributed by atoms with Gasteiger partial charge in [-0.15, -0.1) is 0 Å². The molecule has 0 fully saturated rings. The first kappa shape index (κ1) is 23.4. The third kappa shape index (κ3) is 6.87. The van der Waals surface area contributed by atoms with Gasteiger partial charge >= 0.3 is 0 Å². The van der Waals surface area contributed by atoms with Gasteiger partial charge in [0.15, 0.2) is 11.6 Å². The van der Waals surface area contributed by atoms with E-state index in [9.17, 15) is 22.0 Å². The molecule has 2 aromatic rings. The molecular weight excluding hydrogens is 442 g/mol. The molecule has 2 rings (SSSR count). The number of amides is 1. The molecule has 1 atom stereocenters. The molecule has 1 amide bonds. The highest BCUT2D eigenvalue weighted by atomic mass is 35.5. The highest BCUT2D eigenvalue weighted by Crippen LogP contribution is 2.23. The summed E-state index contributed by atoms with van der Waals surface area (Å²) < 4.78 is 51.8. The summed E-state index contributed by atoms with van der Waals surface area (Å²) in [7, 11) is -3.90. The Hall–Kier alpha value is -1.84. The van der Waals surface area contributed by atoms with Crippen LogP contribution in [0.15, 0.2) is 42.5 Å². The highest BCUT2D eigenvalue weighted by Gasteiger charge is 2.29. The zero-order valence-electron chi connectivity index (χ0n) is 15.9. The summed E-state index contributed by atoms with van der Waals surface area (Å²) in [5, 5.41) is 3.33. The molecule has 0 saturated carbocycles. The second kappa shape index (κ2) is 10.3. The third-order valence-electron chi connectivity index (χ3n) is 3.97. The van der Waals surface area contributed by atoms with Gasteiger partial charge in [0.1, 0.15) is 6.04 Å². The van der Waals surface area contributed by atoms with Crippen molar-refractivity contribution in [2.24, 2.45) is 0 Å². The molecule has 158 valence electrons. The van der Waals surface area contributed by atoms with E-state index in [0.717, 1.165) is 40.1 Å². The van der Waals surface area contributed by atoms with E-state index in [1.54, 1.807) is 23.9 Å². The summed E-state index contributed by atoms with van der Waals surface area (Å²) >= 11 is 7.44. The van der Waals surface area contributed by atoms with Crippen molar-refractivity contribution in [2.75, 3.05) is 22.9 Å². The summed E-state index contributed by atoms with van der Waals surface area (Å²) in [6.45, 7) is 1.72. The van der Waals surface area contributed by atoms with Crippen LogP contribution < -0.4 is 9.62 Å². The van der Waals surface area contributed by atoms with Gasteiger partial charge in [-0.3, -0.25) is 9.10 Å². The molecule has 0 aliphatic heterocycles. The van der Waals surface area contributed by atoms with E-state index < -0.39 is 33.6 Å². The maximum Gasteiger partial charge on any atom is 0.243 e. The predicted octanol–water partition coefficient (Wildman–Crippen LogP) is 3.82. The Labute approximate surface area is 178 Å². The van der Waals surface area contributed by atoms with E-state index >= 15 is 0 Å². The molecule has 0 heterocycles. The molecule has 0 radical (unpaired) electrons. The maximum atomic E-state index is 13.5. The quantitative estimate of drug-likeness (QED) is 0.575. The van der Waals surface area contributed by atoms with Crippen molar-refractivity contribution in [1.29, 1.82) is 0 Å². The number of halogens is 3. The molecule has 0 unspecified atom stereocenters. The number of sulfonamides is 1. The third-order valence-corrected chi connectivity index (χ3v) is 6.50. The molecule has 0 spiro atoms. The van der Waals surface area contributed by atoms with Gasteiger partial charge in [-0.2, -0.15) is 11.8 Å². The van der Waals surface area contributed by atoms with Crippen LogP contribution in [-0.2, 0) is 20.6 Å². The van der Waals surface area contributed by atoms with Crippen molar-refractivity contribution in [3.05, 3.63) is 64.7 Å². The first-order valence-electron chi connectivity index (χ1n) is 8.64. The summed E-state index contributed by atoms with van der Waals surface area (Å²) in [6, 6.07) is 9.01. The Balaban J connectivity index is 1.93. The minimum atomic E-state index is -3.90. The average molecular weight is 463 g/mol. The van der Waals surface area contributed by atoms with Gasteiger partial charge < -0.3 is 5.32 Å². The van der Waals surface area contributed by atoms with Gasteiger partial charge in [0.05, 0.1) is 11.9 Å². The van der Waals surface area contributed by atoms with Crippen molar-refractivity contribution in [3.8, 4) is 0 Å². The summed E-state index contributed by atoms with van der Waals surface area (Å²) in [5.74, 6) is -1.47. The molecule has 1 N–H and O–H groups in total. The van der Waals surface area contributed by atoms with Gasteiger partial charge in [0.2, 0.25) is 15.9 Å². The van der Waals surface area contributed by atoms with Crippen LogP contribution in [0, 0.1) is 11.6 Å². The standard InChI is InChI=1S/C19H21ClF2N2O3S2/c1-13(24(29(2,26)27)16-7-8-17(21)18(22)11-16)19(25)23-9-10-28-12-14-3-5-15(20)6-4-14/h3-8,11,13H,9-10,12H2,1-2H3,(H,23,25)/t13-/m0/s1. The largest absolute Gasteiger partial charge is 0.353 e. The molecule has 5 nitrogen and oxygen atoms in total. The maximum absolute atomic E-state index is 13.5. The van der Waals surface area contributed by atoms with E-state index in [0.29, 0.717) is 17.3 Å². The number of anilines is 1. The Kier molecular flexibility index (Phi) is 8.30. The molecule has 29 heavy (non-hydrogen) atoms. The first-order valence-corrected chi connectivity index (χ1v) is 12.0. The molecule has 2 aromatic carbocycles. The van der Waals surface area contributed by atoms with Crippen molar-refractivity contribution in [3.63, 3.8) is 0 Å². The average Bonchev–Trinajstić information content (AvgIpc) is 2.64. The van der Waals surface area contributed by atoms with E-state index in [1.165, 1.54) is 6.92 Å². The minimum Gasteiger partial charge on any atom is -0.353 e. The van der Waals surface area contributed by atoms with Crippen LogP contribution in [0.25, 0.3) is 0 Å². The van der Waals surface area contributed by atoms with Crippen molar-refractivity contribution in [2.45, 2.75) is 18.7 Å². The Bertz CT molecular complexity index is 956. The zero-order valence-corrected chi connectivity index (χ0v) is 18.3. The van der Waals surface area contributed by atoms with Crippen LogP contribution in [0.3, 0.4) is 0 Å². The topological polar surface area (TPSA) is 66.5 Å². The van der Waals surface area contributed by atoms with Crippen LogP contribution in [0.1, 0.15) is 12.5 Å². The lowest BCUT2D eigenvalue weighted by molar-refractivity contribution is -0.121. The Morgan fingerprint density at radius 3 is 2.41 bits per heavy atom. The number of rotatable bonds is 9. The monoisotopic (exact) mass is 462 g/mol. The molecule has 0 bridgehead atoms. The van der Waals surface area contributed by atoms with Gasteiger partial charge in [0, 0.05) is 29.1 Å². The lowest BCUT2D eigenvalue weighted by Gasteiger charge is -2.28. The number of benzene rings is 2. The Morgan fingerprint density at radius 1 is 1.17 bits per heavy atom. The van der Waals surface area contributed by atoms with Crippen molar-refractivity contribution < 1.29 is 22.0 Å². The summed E-state index contributed by atoms with van der Waals surface area (Å²) in [6.07, 6.45) is 0.903. The number of thioether (sulfide) groups is 1. The number of nitrogens with zero attached hydrogens (tertiary/aromatic N) is 1. The van der Waals surface area contributed by atoms with Crippen LogP contribution in [0.2, 0.25) is 5.02 Å². The SMILES string of the molecule is C[C@@H](C(=O)NCCSCc1ccc(Cl)cc1)N(c1ccc(F)c(F)c1)S(C)(=O)=O. The van der Waals surface area contributed by atoms with E-state index in [-0.39, 0.29) is 5.69 Å². The molecule has 10 heteroatoms. The fraction of sp³-hybridized carbons (Fsp3) is 0.316. The molecular formula is C19H21ClF2N2O3S2. The van der Waals surface area contributed by atoms with Crippen molar-refractivity contribution in [1.82, 2.24) is 5.32 Å². The number of hydrogen-bond donors (Lipinski definition) is 1. The second-order valence-electron chi connectivity index (χ2n) is 6.30. The summed E-state index contributed by atoms with van der Waals surface area (Å²) in [5.41, 5.74) is 0.979. The van der Waals surface area contributed by atoms with E-state index in [4.69, 9.17) is 11.6 Å². The van der Waals surface area contributed by atoms with Crippen LogP contribution in [-0.4, -0.2) is 38.9 Å². The van der Waals surface area contributed by atoms with Gasteiger partial charge in [0.25, 0.3) is 0 Å². The Morgan fingerprint density at radius 2 is 1.83 bits per heavy atom. The van der Waals surface area contributed by atoms with Crippen LogP contribution in [0.4, 0.5) is 14.5 Å². The van der Waals surface area contributed by atoms with Gasteiger partial charge in [-0.25, -0.2) is 17.2 Å². The first-order chi connectivity index (χ1) is 13.6. The molecule has 0 saturated heterocycles. The fourth-order valence-electron chi connectivity index (χ4n) is 2.60. The zero-order chi connectivity index (χ0) is 21.6. The molecule has 0 aliphatic carbocycles. The molecule has 0 aliphatic rings. The van der Waals surface area contributed by atoms with Gasteiger partial charge in [-0.05, 0) is 36.8 Å². The fourth-order valence-corrected chi connectivity index (χ4v) is 4.71. The number of nitrogens with one attached hydrogen (secondary N) is 1. The minimum absolute atomic E-state index is 0.119. The molecule has 0 aromatic heterocycles. The lowest BCUT2D eigenvalue weighted by Crippen LogP contribution is -2.48. The summed E-state index contributed by atoms with van der Waals surface area (Å²) in [4.78, 5) is 12.4. The number of hydrogen-bond acceptors (Lipinski definition) is 4. The van der Waals surface area contributed by atoms with E-state index in [2.05, 4.69) is 5.32 Å². The van der Waals surface area contributed by atoms with Crippen LogP contribution >= 0.6 is 23.4 Å². The second-order valence-corrected chi connectivity index (χ2v) is 9.70.